The van der Waals surface area contributed by atoms with E-state index in [1.54, 1.807) is 23.5 Å². The molecule has 1 fully saturated rings. The fraction of sp³-hybridized carbons (Fsp3) is 0.240. The van der Waals surface area contributed by atoms with Gasteiger partial charge in [-0.2, -0.15) is 5.10 Å². The van der Waals surface area contributed by atoms with Gasteiger partial charge in [0.2, 0.25) is 0 Å². The molecular weight excluding hydrogens is 443 g/mol. The van der Waals surface area contributed by atoms with Gasteiger partial charge in [-0.1, -0.05) is 48.0 Å². The first-order valence-corrected chi connectivity index (χ1v) is 11.9. The lowest BCUT2D eigenvalue weighted by Crippen LogP contribution is -2.46. The smallest absolute Gasteiger partial charge is 0.132 e. The number of benzene rings is 2. The molecule has 32 heavy (non-hydrogen) atoms. The molecule has 5 rings (SSSR count). The highest BCUT2D eigenvalue weighted by atomic mass is 35.5. The molecule has 164 valence electrons. The molecule has 3 heterocycles. The Morgan fingerprint density at radius 3 is 2.44 bits per heavy atom. The largest absolute Gasteiger partial charge is 0.304 e. The third kappa shape index (κ3) is 4.24. The maximum absolute atomic E-state index is 14.7. The van der Waals surface area contributed by atoms with Gasteiger partial charge in [0.15, 0.2) is 0 Å². The van der Waals surface area contributed by atoms with Crippen LogP contribution in [0.5, 0.6) is 0 Å². The predicted octanol–water partition coefficient (Wildman–Crippen LogP) is 5.93. The molecule has 2 aromatic heterocycles. The Hall–Kier alpha value is -2.51. The van der Waals surface area contributed by atoms with Crippen LogP contribution in [0.2, 0.25) is 4.34 Å². The van der Waals surface area contributed by atoms with E-state index < -0.39 is 0 Å². The molecule has 0 aliphatic carbocycles. The first-order valence-electron chi connectivity index (χ1n) is 10.7. The molecule has 4 nitrogen and oxygen atoms in total. The van der Waals surface area contributed by atoms with E-state index in [1.807, 2.05) is 24.4 Å². The van der Waals surface area contributed by atoms with Crippen LogP contribution >= 0.6 is 22.9 Å². The van der Waals surface area contributed by atoms with Crippen molar-refractivity contribution in [1.82, 2.24) is 20.0 Å². The highest BCUT2D eigenvalue weighted by Gasteiger charge is 2.29. The second-order valence-electron chi connectivity index (χ2n) is 8.15. The van der Waals surface area contributed by atoms with Crippen molar-refractivity contribution in [2.24, 2.45) is 0 Å². The summed E-state index contributed by atoms with van der Waals surface area (Å²) in [6.45, 7) is 3.86. The van der Waals surface area contributed by atoms with Crippen molar-refractivity contribution in [1.29, 1.82) is 0 Å². The lowest BCUT2D eigenvalue weighted by molar-refractivity contribution is 0.127. The number of likely N-dealkylation sites (N-methyl/N-ethyl adjacent to an activating group) is 1. The van der Waals surface area contributed by atoms with Crippen LogP contribution in [-0.4, -0.2) is 53.2 Å². The van der Waals surface area contributed by atoms with Gasteiger partial charge < -0.3 is 4.90 Å². The summed E-state index contributed by atoms with van der Waals surface area (Å²) in [4.78, 5) is 5.95. The van der Waals surface area contributed by atoms with Crippen LogP contribution in [0.15, 0.2) is 66.9 Å². The molecule has 1 N–H and O–H groups in total. The van der Waals surface area contributed by atoms with Crippen LogP contribution in [0.3, 0.4) is 0 Å². The normalized spacial score (nSPS) is 16.3. The van der Waals surface area contributed by atoms with Crippen LogP contribution in [0.25, 0.3) is 21.7 Å². The van der Waals surface area contributed by atoms with Gasteiger partial charge >= 0.3 is 0 Å². The van der Waals surface area contributed by atoms with E-state index in [-0.39, 0.29) is 11.9 Å². The van der Waals surface area contributed by atoms with Crippen LogP contribution in [0.1, 0.15) is 17.2 Å². The quantitative estimate of drug-likeness (QED) is 0.395. The number of thiophene rings is 1. The monoisotopic (exact) mass is 466 g/mol. The zero-order valence-corrected chi connectivity index (χ0v) is 19.3. The Morgan fingerprint density at radius 1 is 1.00 bits per heavy atom. The zero-order valence-electron chi connectivity index (χ0n) is 17.8. The maximum atomic E-state index is 14.7. The van der Waals surface area contributed by atoms with Gasteiger partial charge in [-0.05, 0) is 42.4 Å². The van der Waals surface area contributed by atoms with Crippen molar-refractivity contribution in [2.75, 3.05) is 33.2 Å². The van der Waals surface area contributed by atoms with E-state index in [1.165, 1.54) is 11.6 Å². The van der Waals surface area contributed by atoms with Gasteiger partial charge in [0, 0.05) is 42.2 Å². The summed E-state index contributed by atoms with van der Waals surface area (Å²) < 4.78 is 15.4. The third-order valence-electron chi connectivity index (χ3n) is 6.09. The molecule has 1 atom stereocenters. The molecule has 0 saturated carbocycles. The van der Waals surface area contributed by atoms with E-state index >= 15 is 0 Å². The SMILES string of the molecule is CN1CCN(C(c2ccc(-c3ccc(Cl)s3)cc2)c2cn[nH]c2-c2ccccc2F)CC1. The Morgan fingerprint density at radius 2 is 1.75 bits per heavy atom. The molecule has 0 radical (unpaired) electrons. The minimum absolute atomic E-state index is 0.0157. The summed E-state index contributed by atoms with van der Waals surface area (Å²) in [5.74, 6) is -0.250. The van der Waals surface area contributed by atoms with Gasteiger partial charge in [-0.3, -0.25) is 10.00 Å². The van der Waals surface area contributed by atoms with Crippen molar-refractivity contribution in [3.8, 4) is 21.7 Å². The minimum atomic E-state index is -0.250. The second-order valence-corrected chi connectivity index (χ2v) is 9.86. The van der Waals surface area contributed by atoms with Crippen molar-refractivity contribution in [3.63, 3.8) is 0 Å². The molecule has 0 bridgehead atoms. The van der Waals surface area contributed by atoms with Gasteiger partial charge in [0.05, 0.1) is 22.3 Å². The average Bonchev–Trinajstić information content (AvgIpc) is 3.46. The van der Waals surface area contributed by atoms with Gasteiger partial charge in [-0.25, -0.2) is 4.39 Å². The molecular formula is C25H24ClFN4S. The molecule has 7 heteroatoms. The summed E-state index contributed by atoms with van der Waals surface area (Å²) >= 11 is 7.70. The standard InChI is InChI=1S/C25H24ClFN4S/c1-30-12-14-31(15-13-30)25(18-8-6-17(7-9-18)22-10-11-23(26)32-22)20-16-28-29-24(20)19-4-2-3-5-21(19)27/h2-11,16,25H,12-15H2,1H3,(H,28,29). The van der Waals surface area contributed by atoms with E-state index in [0.717, 1.165) is 52.2 Å². The average molecular weight is 467 g/mol. The number of rotatable bonds is 5. The molecule has 0 spiro atoms. The summed E-state index contributed by atoms with van der Waals surface area (Å²) in [5.41, 5.74) is 4.58. The molecule has 4 aromatic rings. The number of hydrogen-bond donors (Lipinski definition) is 1. The highest BCUT2D eigenvalue weighted by molar-refractivity contribution is 7.19. The van der Waals surface area contributed by atoms with E-state index in [2.05, 4.69) is 51.3 Å². The van der Waals surface area contributed by atoms with E-state index in [0.29, 0.717) is 5.56 Å². The molecule has 1 aliphatic rings. The summed E-state index contributed by atoms with van der Waals surface area (Å²) in [6.07, 6.45) is 1.84. The zero-order chi connectivity index (χ0) is 22.1. The van der Waals surface area contributed by atoms with Crippen molar-refractivity contribution >= 4 is 22.9 Å². The van der Waals surface area contributed by atoms with Crippen LogP contribution < -0.4 is 0 Å². The Labute approximate surface area is 196 Å². The molecule has 0 amide bonds. The second kappa shape index (κ2) is 9.16. The van der Waals surface area contributed by atoms with Crippen LogP contribution in [-0.2, 0) is 0 Å². The molecule has 1 unspecified atom stereocenters. The Balaban J connectivity index is 1.56. The topological polar surface area (TPSA) is 35.2 Å². The minimum Gasteiger partial charge on any atom is -0.304 e. The molecule has 1 saturated heterocycles. The lowest BCUT2D eigenvalue weighted by atomic mass is 9.93. The van der Waals surface area contributed by atoms with E-state index in [9.17, 15) is 4.39 Å². The number of nitrogens with zero attached hydrogens (tertiary/aromatic N) is 3. The summed E-state index contributed by atoms with van der Waals surface area (Å²) in [5, 5.41) is 7.38. The number of nitrogens with one attached hydrogen (secondary N) is 1. The number of halogens is 2. The summed E-state index contributed by atoms with van der Waals surface area (Å²) in [7, 11) is 2.15. The first-order chi connectivity index (χ1) is 15.6. The van der Waals surface area contributed by atoms with Gasteiger partial charge in [-0.15, -0.1) is 11.3 Å². The van der Waals surface area contributed by atoms with Crippen LogP contribution in [0.4, 0.5) is 4.39 Å². The number of piperazine rings is 1. The number of H-pyrrole nitrogens is 1. The predicted molar refractivity (Wildman–Crippen MR) is 130 cm³/mol. The molecule has 2 aromatic carbocycles. The Bertz CT molecular complexity index is 1190. The third-order valence-corrected chi connectivity index (χ3v) is 7.37. The van der Waals surface area contributed by atoms with Gasteiger partial charge in [0.25, 0.3) is 0 Å². The first kappa shape index (κ1) is 21.3. The number of aromatic nitrogens is 2. The number of aromatic amines is 1. The maximum Gasteiger partial charge on any atom is 0.132 e. The lowest BCUT2D eigenvalue weighted by Gasteiger charge is -2.38. The summed E-state index contributed by atoms with van der Waals surface area (Å²) in [6, 6.07) is 19.4. The van der Waals surface area contributed by atoms with Crippen molar-refractivity contribution in [2.45, 2.75) is 6.04 Å². The van der Waals surface area contributed by atoms with Crippen LogP contribution in [0, 0.1) is 5.82 Å². The van der Waals surface area contributed by atoms with Crippen molar-refractivity contribution in [3.05, 3.63) is 88.1 Å². The fourth-order valence-electron chi connectivity index (χ4n) is 4.35. The van der Waals surface area contributed by atoms with Gasteiger partial charge in [0.1, 0.15) is 5.82 Å². The van der Waals surface area contributed by atoms with E-state index in [4.69, 9.17) is 11.6 Å². The molecule has 1 aliphatic heterocycles. The fourth-order valence-corrected chi connectivity index (χ4v) is 5.40. The Kier molecular flexibility index (Phi) is 6.11. The van der Waals surface area contributed by atoms with Crippen molar-refractivity contribution < 1.29 is 4.39 Å². The number of hydrogen-bond acceptors (Lipinski definition) is 4. The highest BCUT2D eigenvalue weighted by Crippen LogP contribution is 2.37.